The third kappa shape index (κ3) is 3.87. The van der Waals surface area contributed by atoms with Gasteiger partial charge in [-0.15, -0.1) is 0 Å². The van der Waals surface area contributed by atoms with Crippen LogP contribution in [0.4, 0.5) is 21.9 Å². The number of methoxy groups -OCH3 is 1. The second-order valence-electron chi connectivity index (χ2n) is 5.95. The van der Waals surface area contributed by atoms with E-state index in [1.54, 1.807) is 24.3 Å². The SMILES string of the molecule is CCNc1c(NC(=O)Nc2cc(C)ccc2OC)c(=O)oc2ccccc12. The van der Waals surface area contributed by atoms with Crippen LogP contribution in [0.1, 0.15) is 12.5 Å². The summed E-state index contributed by atoms with van der Waals surface area (Å²) in [5.41, 5.74) is 1.87. The Kier molecular flexibility index (Phi) is 5.30. The highest BCUT2D eigenvalue weighted by molar-refractivity contribution is 6.06. The summed E-state index contributed by atoms with van der Waals surface area (Å²) in [7, 11) is 1.52. The van der Waals surface area contributed by atoms with Crippen molar-refractivity contribution < 1.29 is 13.9 Å². The molecular weight excluding hydrogens is 346 g/mol. The Morgan fingerprint density at radius 3 is 2.63 bits per heavy atom. The average Bonchev–Trinajstić information content (AvgIpc) is 2.65. The monoisotopic (exact) mass is 367 g/mol. The number of aryl methyl sites for hydroxylation is 1. The minimum atomic E-state index is -0.629. The van der Waals surface area contributed by atoms with E-state index in [0.717, 1.165) is 5.56 Å². The van der Waals surface area contributed by atoms with E-state index < -0.39 is 11.7 Å². The predicted octanol–water partition coefficient (Wildman–Crippen LogP) is 4.19. The Bertz CT molecular complexity index is 1040. The van der Waals surface area contributed by atoms with Gasteiger partial charge in [-0.1, -0.05) is 18.2 Å². The van der Waals surface area contributed by atoms with Gasteiger partial charge in [-0.05, 0) is 43.7 Å². The molecular formula is C20H21N3O4. The maximum Gasteiger partial charge on any atom is 0.362 e. The lowest BCUT2D eigenvalue weighted by Crippen LogP contribution is -2.24. The second-order valence-corrected chi connectivity index (χ2v) is 5.95. The highest BCUT2D eigenvalue weighted by atomic mass is 16.5. The molecule has 3 rings (SSSR count). The number of anilines is 3. The molecule has 3 N–H and O–H groups in total. The number of carbonyl (C=O) groups excluding carboxylic acids is 1. The Morgan fingerprint density at radius 1 is 1.11 bits per heavy atom. The first-order valence-corrected chi connectivity index (χ1v) is 8.55. The normalized spacial score (nSPS) is 10.5. The van der Waals surface area contributed by atoms with Gasteiger partial charge in [0, 0.05) is 11.9 Å². The number of carbonyl (C=O) groups is 1. The van der Waals surface area contributed by atoms with Gasteiger partial charge in [0.2, 0.25) is 0 Å². The van der Waals surface area contributed by atoms with Crippen LogP contribution < -0.4 is 26.3 Å². The molecule has 1 aromatic heterocycles. The van der Waals surface area contributed by atoms with Crippen LogP contribution >= 0.6 is 0 Å². The van der Waals surface area contributed by atoms with E-state index in [1.807, 2.05) is 32.0 Å². The van der Waals surface area contributed by atoms with Crippen molar-refractivity contribution in [1.29, 1.82) is 0 Å². The van der Waals surface area contributed by atoms with Gasteiger partial charge in [-0.3, -0.25) is 5.32 Å². The lowest BCUT2D eigenvalue weighted by atomic mass is 10.2. The fourth-order valence-electron chi connectivity index (χ4n) is 2.81. The zero-order valence-corrected chi connectivity index (χ0v) is 15.4. The highest BCUT2D eigenvalue weighted by Crippen LogP contribution is 2.29. The first-order valence-electron chi connectivity index (χ1n) is 8.55. The maximum absolute atomic E-state index is 12.5. The van der Waals surface area contributed by atoms with E-state index in [4.69, 9.17) is 9.15 Å². The molecule has 0 radical (unpaired) electrons. The summed E-state index contributed by atoms with van der Waals surface area (Å²) in [6.07, 6.45) is 0. The van der Waals surface area contributed by atoms with Crippen molar-refractivity contribution >= 4 is 34.1 Å². The predicted molar refractivity (Wildman–Crippen MR) is 107 cm³/mol. The molecule has 0 aliphatic carbocycles. The first kappa shape index (κ1) is 18.3. The van der Waals surface area contributed by atoms with Crippen LogP contribution in [0.2, 0.25) is 0 Å². The number of hydrogen-bond donors (Lipinski definition) is 3. The number of urea groups is 1. The molecule has 7 heteroatoms. The number of hydrogen-bond acceptors (Lipinski definition) is 5. The maximum atomic E-state index is 12.5. The zero-order valence-electron chi connectivity index (χ0n) is 15.4. The molecule has 0 aliphatic heterocycles. The van der Waals surface area contributed by atoms with Crippen molar-refractivity contribution in [2.75, 3.05) is 29.6 Å². The van der Waals surface area contributed by atoms with E-state index in [0.29, 0.717) is 34.6 Å². The summed E-state index contributed by atoms with van der Waals surface area (Å²) < 4.78 is 10.6. The zero-order chi connectivity index (χ0) is 19.4. The molecule has 0 saturated heterocycles. The molecule has 1 heterocycles. The number of amides is 2. The van der Waals surface area contributed by atoms with E-state index in [-0.39, 0.29) is 5.69 Å². The number of para-hydroxylation sites is 1. The Hall–Kier alpha value is -3.48. The largest absolute Gasteiger partial charge is 0.495 e. The Balaban J connectivity index is 1.95. The van der Waals surface area contributed by atoms with Crippen molar-refractivity contribution in [2.24, 2.45) is 0 Å². The molecule has 0 saturated carbocycles. The van der Waals surface area contributed by atoms with E-state index in [1.165, 1.54) is 7.11 Å². The van der Waals surface area contributed by atoms with Gasteiger partial charge in [0.05, 0.1) is 18.5 Å². The van der Waals surface area contributed by atoms with Crippen molar-refractivity contribution in [2.45, 2.75) is 13.8 Å². The fraction of sp³-hybridized carbons (Fsp3) is 0.200. The third-order valence-electron chi connectivity index (χ3n) is 4.01. The Morgan fingerprint density at radius 2 is 1.89 bits per heavy atom. The summed E-state index contributed by atoms with van der Waals surface area (Å²) >= 11 is 0. The smallest absolute Gasteiger partial charge is 0.362 e. The third-order valence-corrected chi connectivity index (χ3v) is 4.01. The average molecular weight is 367 g/mol. The number of benzene rings is 2. The van der Waals surface area contributed by atoms with Gasteiger partial charge in [0.15, 0.2) is 5.69 Å². The summed E-state index contributed by atoms with van der Waals surface area (Å²) in [6.45, 7) is 4.39. The second kappa shape index (κ2) is 7.82. The Labute approximate surface area is 156 Å². The molecule has 0 bridgehead atoms. The number of ether oxygens (including phenoxy) is 1. The van der Waals surface area contributed by atoms with E-state index in [9.17, 15) is 9.59 Å². The molecule has 140 valence electrons. The van der Waals surface area contributed by atoms with Crippen LogP contribution in [0.15, 0.2) is 51.7 Å². The molecule has 7 nitrogen and oxygen atoms in total. The van der Waals surface area contributed by atoms with Crippen LogP contribution in [0.25, 0.3) is 11.0 Å². The van der Waals surface area contributed by atoms with Crippen molar-refractivity contribution in [1.82, 2.24) is 0 Å². The van der Waals surface area contributed by atoms with Crippen LogP contribution in [0.3, 0.4) is 0 Å². The van der Waals surface area contributed by atoms with Crippen molar-refractivity contribution in [3.8, 4) is 5.75 Å². The topological polar surface area (TPSA) is 92.6 Å². The highest BCUT2D eigenvalue weighted by Gasteiger charge is 2.17. The molecule has 0 fully saturated rings. The first-order chi connectivity index (χ1) is 13.0. The molecule has 3 aromatic rings. The van der Waals surface area contributed by atoms with Crippen LogP contribution in [-0.4, -0.2) is 19.7 Å². The van der Waals surface area contributed by atoms with E-state index in [2.05, 4.69) is 16.0 Å². The van der Waals surface area contributed by atoms with Crippen LogP contribution in [0.5, 0.6) is 5.75 Å². The standard InChI is InChI=1S/C20H21N3O4/c1-4-21-17-13-7-5-6-8-15(13)27-19(24)18(17)23-20(25)22-14-11-12(2)9-10-16(14)26-3/h5-11,21H,4H2,1-3H3,(H2,22,23,25). The minimum absolute atomic E-state index is 0.0552. The molecule has 0 unspecified atom stereocenters. The van der Waals surface area contributed by atoms with Gasteiger partial charge in [0.1, 0.15) is 11.3 Å². The lowest BCUT2D eigenvalue weighted by Gasteiger charge is -2.15. The number of fused-ring (bicyclic) bond motifs is 1. The molecule has 2 amide bonds. The summed E-state index contributed by atoms with van der Waals surface area (Å²) in [4.78, 5) is 24.9. The van der Waals surface area contributed by atoms with Crippen molar-refractivity contribution in [3.05, 3.63) is 58.4 Å². The fourth-order valence-corrected chi connectivity index (χ4v) is 2.81. The molecule has 0 aliphatic rings. The van der Waals surface area contributed by atoms with Crippen LogP contribution in [-0.2, 0) is 0 Å². The van der Waals surface area contributed by atoms with Gasteiger partial charge >= 0.3 is 11.7 Å². The van der Waals surface area contributed by atoms with Gasteiger partial charge in [-0.25, -0.2) is 9.59 Å². The molecule has 0 spiro atoms. The van der Waals surface area contributed by atoms with Gasteiger partial charge < -0.3 is 19.8 Å². The summed E-state index contributed by atoms with van der Waals surface area (Å²) in [5.74, 6) is 0.521. The molecule has 27 heavy (non-hydrogen) atoms. The summed E-state index contributed by atoms with van der Waals surface area (Å²) in [5, 5.41) is 9.16. The number of nitrogens with one attached hydrogen (secondary N) is 3. The quantitative estimate of drug-likeness (QED) is 0.588. The summed E-state index contributed by atoms with van der Waals surface area (Å²) in [6, 6.07) is 12.0. The lowest BCUT2D eigenvalue weighted by molar-refractivity contribution is 0.262. The van der Waals surface area contributed by atoms with Gasteiger partial charge in [-0.2, -0.15) is 0 Å². The van der Waals surface area contributed by atoms with Crippen molar-refractivity contribution in [3.63, 3.8) is 0 Å². The molecule has 0 atom stereocenters. The molecule has 2 aromatic carbocycles. The van der Waals surface area contributed by atoms with E-state index >= 15 is 0 Å². The van der Waals surface area contributed by atoms with Crippen LogP contribution in [0, 0.1) is 6.92 Å². The minimum Gasteiger partial charge on any atom is -0.495 e. The van der Waals surface area contributed by atoms with Gasteiger partial charge in [0.25, 0.3) is 0 Å². The number of rotatable bonds is 5.